The SMILES string of the molecule is O=C(COC(=O)c1cccc(N2C(=O)[C@@H]3[C@H]4CC[C@@H](C4)[C@@H]3C2=O)c1)Nc1ccccc1C(F)(F)F. The van der Waals surface area contributed by atoms with Gasteiger partial charge in [0.15, 0.2) is 6.61 Å². The van der Waals surface area contributed by atoms with Crippen LogP contribution in [-0.4, -0.2) is 30.3 Å². The lowest BCUT2D eigenvalue weighted by Gasteiger charge is -2.19. The molecule has 10 heteroatoms. The Morgan fingerprint density at radius 2 is 1.63 bits per heavy atom. The molecule has 1 heterocycles. The van der Waals surface area contributed by atoms with Crippen molar-refractivity contribution in [1.82, 2.24) is 0 Å². The van der Waals surface area contributed by atoms with Crippen LogP contribution in [0.3, 0.4) is 0 Å². The summed E-state index contributed by atoms with van der Waals surface area (Å²) in [6.07, 6.45) is -1.87. The highest BCUT2D eigenvalue weighted by Gasteiger charge is 2.61. The molecule has 3 fully saturated rings. The fourth-order valence-corrected chi connectivity index (χ4v) is 5.68. The Morgan fingerprint density at radius 1 is 0.971 bits per heavy atom. The third-order valence-corrected chi connectivity index (χ3v) is 7.11. The highest BCUT2D eigenvalue weighted by molar-refractivity contribution is 6.22. The number of alkyl halides is 3. The van der Waals surface area contributed by atoms with E-state index in [9.17, 15) is 32.3 Å². The molecule has 1 saturated heterocycles. The molecule has 0 aromatic heterocycles. The summed E-state index contributed by atoms with van der Waals surface area (Å²) < 4.78 is 44.2. The number of nitrogens with zero attached hydrogens (tertiary/aromatic N) is 1. The summed E-state index contributed by atoms with van der Waals surface area (Å²) in [5.41, 5.74) is -1.21. The molecule has 182 valence electrons. The number of rotatable bonds is 5. The first-order valence-corrected chi connectivity index (χ1v) is 11.3. The lowest BCUT2D eigenvalue weighted by molar-refractivity contribution is -0.137. The molecule has 2 bridgehead atoms. The van der Waals surface area contributed by atoms with Gasteiger partial charge in [0.05, 0.1) is 34.3 Å². The number of carbonyl (C=O) groups excluding carboxylic acids is 4. The van der Waals surface area contributed by atoms with Crippen LogP contribution in [0.25, 0.3) is 0 Å². The number of hydrogen-bond donors (Lipinski definition) is 1. The Kier molecular flexibility index (Phi) is 5.61. The summed E-state index contributed by atoms with van der Waals surface area (Å²) in [5, 5.41) is 2.09. The number of imide groups is 1. The van der Waals surface area contributed by atoms with Gasteiger partial charge in [-0.1, -0.05) is 18.2 Å². The van der Waals surface area contributed by atoms with Gasteiger partial charge in [0.1, 0.15) is 0 Å². The van der Waals surface area contributed by atoms with Gasteiger partial charge in [-0.2, -0.15) is 13.2 Å². The predicted molar refractivity (Wildman–Crippen MR) is 117 cm³/mol. The van der Waals surface area contributed by atoms with Gasteiger partial charge in [-0.05, 0) is 61.4 Å². The van der Waals surface area contributed by atoms with Gasteiger partial charge in [0, 0.05) is 0 Å². The molecule has 0 unspecified atom stereocenters. The van der Waals surface area contributed by atoms with Crippen molar-refractivity contribution < 1.29 is 37.1 Å². The Hall–Kier alpha value is -3.69. The van der Waals surface area contributed by atoms with Crippen molar-refractivity contribution in [1.29, 1.82) is 0 Å². The van der Waals surface area contributed by atoms with E-state index in [1.54, 1.807) is 6.07 Å². The Labute approximate surface area is 198 Å². The maximum absolute atomic E-state index is 13.1. The second-order valence-electron chi connectivity index (χ2n) is 9.11. The average Bonchev–Trinajstić information content (AvgIpc) is 3.51. The Balaban J connectivity index is 1.25. The van der Waals surface area contributed by atoms with Gasteiger partial charge in [-0.3, -0.25) is 19.3 Å². The smallest absolute Gasteiger partial charge is 0.418 e. The molecule has 35 heavy (non-hydrogen) atoms. The van der Waals surface area contributed by atoms with Crippen LogP contribution in [0.2, 0.25) is 0 Å². The summed E-state index contributed by atoms with van der Waals surface area (Å²) in [6.45, 7) is -0.815. The molecule has 3 amide bonds. The first kappa shape index (κ1) is 23.1. The van der Waals surface area contributed by atoms with E-state index in [4.69, 9.17) is 4.74 Å². The Morgan fingerprint density at radius 3 is 2.29 bits per heavy atom. The number of ether oxygens (including phenoxy) is 1. The molecule has 2 aliphatic carbocycles. The molecule has 5 rings (SSSR count). The zero-order chi connectivity index (χ0) is 24.9. The van der Waals surface area contributed by atoms with Crippen molar-refractivity contribution in [3.63, 3.8) is 0 Å². The van der Waals surface area contributed by atoms with E-state index in [0.717, 1.165) is 36.3 Å². The molecule has 2 aromatic carbocycles. The van der Waals surface area contributed by atoms with E-state index < -0.39 is 35.9 Å². The topological polar surface area (TPSA) is 92.8 Å². The van der Waals surface area contributed by atoms with Crippen molar-refractivity contribution in [2.24, 2.45) is 23.7 Å². The van der Waals surface area contributed by atoms with Crippen molar-refractivity contribution in [3.8, 4) is 0 Å². The molecule has 7 nitrogen and oxygen atoms in total. The van der Waals surface area contributed by atoms with E-state index >= 15 is 0 Å². The minimum absolute atomic E-state index is 0.00613. The van der Waals surface area contributed by atoms with Gasteiger partial charge in [0.2, 0.25) is 11.8 Å². The van der Waals surface area contributed by atoms with E-state index in [1.807, 2.05) is 0 Å². The van der Waals surface area contributed by atoms with Crippen molar-refractivity contribution >= 4 is 35.1 Å². The molecule has 2 saturated carbocycles. The van der Waals surface area contributed by atoms with Gasteiger partial charge >= 0.3 is 12.1 Å². The van der Waals surface area contributed by atoms with Gasteiger partial charge < -0.3 is 10.1 Å². The number of carbonyl (C=O) groups is 4. The van der Waals surface area contributed by atoms with Crippen molar-refractivity contribution in [3.05, 3.63) is 59.7 Å². The molecule has 0 radical (unpaired) electrons. The van der Waals surface area contributed by atoms with Crippen LogP contribution in [0.15, 0.2) is 48.5 Å². The number of halogens is 3. The zero-order valence-corrected chi connectivity index (χ0v) is 18.4. The second-order valence-corrected chi connectivity index (χ2v) is 9.11. The number of para-hydroxylation sites is 1. The lowest BCUT2D eigenvalue weighted by Crippen LogP contribution is -2.32. The summed E-state index contributed by atoms with van der Waals surface area (Å²) in [4.78, 5) is 51.8. The van der Waals surface area contributed by atoms with Gasteiger partial charge in [-0.25, -0.2) is 4.79 Å². The highest BCUT2D eigenvalue weighted by Crippen LogP contribution is 2.56. The van der Waals surface area contributed by atoms with Crippen LogP contribution in [0.4, 0.5) is 24.5 Å². The first-order chi connectivity index (χ1) is 16.6. The molecular formula is C25H21F3N2O5. The lowest BCUT2D eigenvalue weighted by atomic mass is 9.81. The summed E-state index contributed by atoms with van der Waals surface area (Å²) in [6, 6.07) is 10.2. The highest BCUT2D eigenvalue weighted by atomic mass is 19.4. The van der Waals surface area contributed by atoms with E-state index in [0.29, 0.717) is 0 Å². The number of amides is 3. The first-order valence-electron chi connectivity index (χ1n) is 11.3. The van der Waals surface area contributed by atoms with Gasteiger partial charge in [0.25, 0.3) is 5.91 Å². The molecule has 2 aromatic rings. The predicted octanol–water partition coefficient (Wildman–Crippen LogP) is 4.04. The van der Waals surface area contributed by atoms with Crippen LogP contribution in [0, 0.1) is 23.7 Å². The van der Waals surface area contributed by atoms with E-state index in [-0.39, 0.29) is 46.7 Å². The minimum atomic E-state index is -4.66. The standard InChI is InChI=1S/C25H21F3N2O5/c26-25(27,28)17-6-1-2-7-18(17)29-19(31)12-35-24(34)15-4-3-5-16(11-15)30-22(32)20-13-8-9-14(10-13)21(20)23(30)33/h1-7,11,13-14,20-21H,8-10,12H2,(H,29,31)/t13-,14-,20-,21+/m0/s1. The normalized spacial score (nSPS) is 25.1. The summed E-state index contributed by atoms with van der Waals surface area (Å²) in [7, 11) is 0. The quantitative estimate of drug-likeness (QED) is 0.509. The number of anilines is 2. The van der Waals surface area contributed by atoms with Crippen molar-refractivity contribution in [2.75, 3.05) is 16.8 Å². The fraction of sp³-hybridized carbons (Fsp3) is 0.360. The Bertz CT molecular complexity index is 1200. The summed E-state index contributed by atoms with van der Waals surface area (Å²) in [5.74, 6) is -2.52. The van der Waals surface area contributed by atoms with E-state index in [1.165, 1.54) is 30.3 Å². The van der Waals surface area contributed by atoms with Crippen LogP contribution >= 0.6 is 0 Å². The van der Waals surface area contributed by atoms with E-state index in [2.05, 4.69) is 5.32 Å². The monoisotopic (exact) mass is 486 g/mol. The van der Waals surface area contributed by atoms with Crippen molar-refractivity contribution in [2.45, 2.75) is 25.4 Å². The average molecular weight is 486 g/mol. The third-order valence-electron chi connectivity index (χ3n) is 7.11. The molecule has 1 N–H and O–H groups in total. The van der Waals surface area contributed by atoms with Crippen LogP contribution in [0.1, 0.15) is 35.2 Å². The maximum Gasteiger partial charge on any atom is 0.418 e. The third kappa shape index (κ3) is 4.06. The fourth-order valence-electron chi connectivity index (χ4n) is 5.68. The maximum atomic E-state index is 13.1. The molecule has 4 atom stereocenters. The minimum Gasteiger partial charge on any atom is -0.452 e. The number of nitrogens with one attached hydrogen (secondary N) is 1. The van der Waals surface area contributed by atoms with Crippen LogP contribution in [0.5, 0.6) is 0 Å². The zero-order valence-electron chi connectivity index (χ0n) is 18.4. The molecule has 1 aliphatic heterocycles. The number of fused-ring (bicyclic) bond motifs is 5. The largest absolute Gasteiger partial charge is 0.452 e. The second kappa shape index (κ2) is 8.51. The molecule has 0 spiro atoms. The van der Waals surface area contributed by atoms with Crippen LogP contribution < -0.4 is 10.2 Å². The number of hydrogen-bond acceptors (Lipinski definition) is 5. The molecule has 3 aliphatic rings. The number of benzene rings is 2. The number of esters is 1. The molecular weight excluding hydrogens is 465 g/mol. The van der Waals surface area contributed by atoms with Crippen LogP contribution in [-0.2, 0) is 25.3 Å². The summed E-state index contributed by atoms with van der Waals surface area (Å²) >= 11 is 0. The van der Waals surface area contributed by atoms with Gasteiger partial charge in [-0.15, -0.1) is 0 Å².